The van der Waals surface area contributed by atoms with E-state index in [0.717, 1.165) is 25.3 Å². The molecule has 1 aliphatic rings. The number of halogens is 2. The quantitative estimate of drug-likeness (QED) is 0.779. The molecule has 1 amide bonds. The molecule has 0 aromatic heterocycles. The lowest BCUT2D eigenvalue weighted by Crippen LogP contribution is -2.51. The third-order valence-electron chi connectivity index (χ3n) is 4.52. The van der Waals surface area contributed by atoms with Crippen molar-refractivity contribution in [3.63, 3.8) is 0 Å². The van der Waals surface area contributed by atoms with Crippen molar-refractivity contribution in [2.45, 2.75) is 51.1 Å². The molecule has 0 saturated carbocycles. The minimum absolute atomic E-state index is 0. The van der Waals surface area contributed by atoms with Gasteiger partial charge in [-0.25, -0.2) is 4.39 Å². The highest BCUT2D eigenvalue weighted by atomic mass is 35.5. The highest BCUT2D eigenvalue weighted by Crippen LogP contribution is 2.22. The number of hydrogen-bond donors (Lipinski definition) is 1. The normalized spacial score (nSPS) is 18.2. The number of Topliss-reactive ketones (excluding diaryl/α,β-unsaturated/α-hetero) is 1. The van der Waals surface area contributed by atoms with E-state index in [2.05, 4.69) is 0 Å². The molecule has 7 heteroatoms. The highest BCUT2D eigenvalue weighted by molar-refractivity contribution is 5.98. The largest absolute Gasteiger partial charge is 0.494 e. The van der Waals surface area contributed by atoms with E-state index in [9.17, 15) is 14.0 Å². The van der Waals surface area contributed by atoms with Gasteiger partial charge >= 0.3 is 0 Å². The van der Waals surface area contributed by atoms with Crippen molar-refractivity contribution in [3.8, 4) is 5.75 Å². The SMILES string of the molecule is COc1ccc(C(=O)CCC(=O)N2CCCCC2C(C)N)cc1F.Cl. The van der Waals surface area contributed by atoms with Gasteiger partial charge in [-0.3, -0.25) is 9.59 Å². The zero-order valence-corrected chi connectivity index (χ0v) is 15.5. The lowest BCUT2D eigenvalue weighted by molar-refractivity contribution is -0.135. The van der Waals surface area contributed by atoms with Gasteiger partial charge in [0.1, 0.15) is 0 Å². The number of ketones is 1. The number of benzene rings is 1. The zero-order valence-electron chi connectivity index (χ0n) is 14.7. The van der Waals surface area contributed by atoms with E-state index in [-0.39, 0.29) is 60.3 Å². The van der Waals surface area contributed by atoms with Crippen molar-refractivity contribution in [2.24, 2.45) is 5.73 Å². The predicted octanol–water partition coefficient (Wildman–Crippen LogP) is 2.95. The van der Waals surface area contributed by atoms with Crippen molar-refractivity contribution < 1.29 is 18.7 Å². The molecule has 1 fully saturated rings. The minimum Gasteiger partial charge on any atom is -0.494 e. The summed E-state index contributed by atoms with van der Waals surface area (Å²) in [6, 6.07) is 4.04. The molecule has 1 saturated heterocycles. The Morgan fingerprint density at radius 2 is 2.08 bits per heavy atom. The van der Waals surface area contributed by atoms with Crippen LogP contribution in [-0.2, 0) is 4.79 Å². The summed E-state index contributed by atoms with van der Waals surface area (Å²) in [5.74, 6) is -0.794. The van der Waals surface area contributed by atoms with Crippen LogP contribution in [0.15, 0.2) is 18.2 Å². The number of amides is 1. The number of carbonyl (C=O) groups is 2. The summed E-state index contributed by atoms with van der Waals surface area (Å²) >= 11 is 0. The fraction of sp³-hybridized carbons (Fsp3) is 0.556. The van der Waals surface area contributed by atoms with Crippen LogP contribution in [0.2, 0.25) is 0 Å². The zero-order chi connectivity index (χ0) is 17.7. The second kappa shape index (κ2) is 9.73. The highest BCUT2D eigenvalue weighted by Gasteiger charge is 2.29. The molecule has 1 aromatic rings. The summed E-state index contributed by atoms with van der Waals surface area (Å²) in [4.78, 5) is 26.4. The Morgan fingerprint density at radius 1 is 1.36 bits per heavy atom. The molecule has 1 aromatic carbocycles. The smallest absolute Gasteiger partial charge is 0.223 e. The summed E-state index contributed by atoms with van der Waals surface area (Å²) in [5.41, 5.74) is 6.23. The van der Waals surface area contributed by atoms with Gasteiger partial charge in [-0.15, -0.1) is 12.4 Å². The van der Waals surface area contributed by atoms with Crippen molar-refractivity contribution >= 4 is 24.1 Å². The Bertz CT molecular complexity index is 610. The average molecular weight is 373 g/mol. The van der Waals surface area contributed by atoms with Crippen molar-refractivity contribution in [1.82, 2.24) is 4.90 Å². The number of piperidine rings is 1. The van der Waals surface area contributed by atoms with Crippen LogP contribution in [0.25, 0.3) is 0 Å². The molecular weight excluding hydrogens is 347 g/mol. The number of methoxy groups -OCH3 is 1. The number of likely N-dealkylation sites (tertiary alicyclic amines) is 1. The molecule has 0 radical (unpaired) electrons. The predicted molar refractivity (Wildman–Crippen MR) is 96.8 cm³/mol. The molecule has 2 atom stereocenters. The number of ether oxygens (including phenoxy) is 1. The fourth-order valence-corrected chi connectivity index (χ4v) is 3.16. The summed E-state index contributed by atoms with van der Waals surface area (Å²) in [7, 11) is 1.37. The van der Waals surface area contributed by atoms with Crippen LogP contribution in [0, 0.1) is 5.82 Å². The standard InChI is InChI=1S/C18H25FN2O3.ClH/c1-12(20)15-5-3-4-10-21(15)18(23)9-7-16(22)13-6-8-17(24-2)14(19)11-13;/h6,8,11-12,15H,3-5,7,9-10,20H2,1-2H3;1H. The molecule has 0 aliphatic carbocycles. The molecule has 0 spiro atoms. The van der Waals surface area contributed by atoms with E-state index >= 15 is 0 Å². The van der Waals surface area contributed by atoms with E-state index < -0.39 is 5.82 Å². The van der Waals surface area contributed by atoms with Crippen LogP contribution in [0.5, 0.6) is 5.75 Å². The molecule has 2 rings (SSSR count). The minimum atomic E-state index is -0.581. The third kappa shape index (κ3) is 5.41. The van der Waals surface area contributed by atoms with Crippen LogP contribution in [0.1, 0.15) is 49.4 Å². The first-order valence-electron chi connectivity index (χ1n) is 8.36. The monoisotopic (exact) mass is 372 g/mol. The summed E-state index contributed by atoms with van der Waals surface area (Å²) < 4.78 is 18.5. The van der Waals surface area contributed by atoms with Crippen LogP contribution in [-0.4, -0.2) is 42.3 Å². The first-order valence-corrected chi connectivity index (χ1v) is 8.36. The van der Waals surface area contributed by atoms with Gasteiger partial charge in [0.2, 0.25) is 5.91 Å². The van der Waals surface area contributed by atoms with E-state index in [4.69, 9.17) is 10.5 Å². The van der Waals surface area contributed by atoms with Gasteiger partial charge in [0.15, 0.2) is 17.3 Å². The fourth-order valence-electron chi connectivity index (χ4n) is 3.16. The maximum absolute atomic E-state index is 13.7. The van der Waals surface area contributed by atoms with Gasteiger partial charge in [0, 0.05) is 37.0 Å². The van der Waals surface area contributed by atoms with Crippen molar-refractivity contribution in [2.75, 3.05) is 13.7 Å². The summed E-state index contributed by atoms with van der Waals surface area (Å²) in [5, 5.41) is 0. The van der Waals surface area contributed by atoms with Crippen LogP contribution in [0.4, 0.5) is 4.39 Å². The second-order valence-electron chi connectivity index (χ2n) is 6.28. The van der Waals surface area contributed by atoms with Crippen LogP contribution >= 0.6 is 12.4 Å². The van der Waals surface area contributed by atoms with Gasteiger partial charge in [0.25, 0.3) is 0 Å². The summed E-state index contributed by atoms with van der Waals surface area (Å²) in [6.07, 6.45) is 3.12. The molecule has 25 heavy (non-hydrogen) atoms. The molecule has 140 valence electrons. The van der Waals surface area contributed by atoms with Crippen LogP contribution < -0.4 is 10.5 Å². The molecule has 2 unspecified atom stereocenters. The Balaban J connectivity index is 0.00000312. The van der Waals surface area contributed by atoms with Gasteiger partial charge in [0.05, 0.1) is 7.11 Å². The second-order valence-corrected chi connectivity index (χ2v) is 6.28. The van der Waals surface area contributed by atoms with Crippen molar-refractivity contribution in [1.29, 1.82) is 0 Å². The number of nitrogens with zero attached hydrogens (tertiary/aromatic N) is 1. The molecule has 0 bridgehead atoms. The first kappa shape index (κ1) is 21.4. The molecule has 1 heterocycles. The number of nitrogens with two attached hydrogens (primary N) is 1. The third-order valence-corrected chi connectivity index (χ3v) is 4.52. The van der Waals surface area contributed by atoms with Gasteiger partial charge < -0.3 is 15.4 Å². The maximum Gasteiger partial charge on any atom is 0.223 e. The van der Waals surface area contributed by atoms with Crippen molar-refractivity contribution in [3.05, 3.63) is 29.6 Å². The maximum atomic E-state index is 13.7. The number of rotatable bonds is 6. The molecular formula is C18H26ClFN2O3. The molecule has 2 N–H and O–H groups in total. The first-order chi connectivity index (χ1) is 11.4. The topological polar surface area (TPSA) is 72.6 Å². The van der Waals surface area contributed by atoms with E-state index in [1.165, 1.54) is 19.2 Å². The lowest BCUT2D eigenvalue weighted by atomic mass is 9.96. The Kier molecular flexibility index (Phi) is 8.32. The molecule has 5 nitrogen and oxygen atoms in total. The number of carbonyl (C=O) groups excluding carboxylic acids is 2. The Labute approximate surface area is 154 Å². The van der Waals surface area contributed by atoms with Gasteiger partial charge in [-0.05, 0) is 44.4 Å². The van der Waals surface area contributed by atoms with E-state index in [1.54, 1.807) is 4.90 Å². The van der Waals surface area contributed by atoms with E-state index in [1.807, 2.05) is 6.92 Å². The van der Waals surface area contributed by atoms with Gasteiger partial charge in [-0.1, -0.05) is 0 Å². The average Bonchev–Trinajstić information content (AvgIpc) is 2.59. The van der Waals surface area contributed by atoms with E-state index in [0.29, 0.717) is 6.54 Å². The summed E-state index contributed by atoms with van der Waals surface area (Å²) in [6.45, 7) is 2.60. The van der Waals surface area contributed by atoms with Gasteiger partial charge in [-0.2, -0.15) is 0 Å². The lowest BCUT2D eigenvalue weighted by Gasteiger charge is -2.38. The molecule has 1 aliphatic heterocycles. The Morgan fingerprint density at radius 3 is 2.68 bits per heavy atom. The Hall–Kier alpha value is -1.66. The van der Waals surface area contributed by atoms with Crippen LogP contribution in [0.3, 0.4) is 0 Å². The number of hydrogen-bond acceptors (Lipinski definition) is 4.